The van der Waals surface area contributed by atoms with Gasteiger partial charge in [0.15, 0.2) is 0 Å². The summed E-state index contributed by atoms with van der Waals surface area (Å²) in [5.41, 5.74) is 8.09. The number of benzene rings is 1. The lowest BCUT2D eigenvalue weighted by Crippen LogP contribution is -2.12. The highest BCUT2D eigenvalue weighted by atomic mass is 127. The van der Waals surface area contributed by atoms with Crippen LogP contribution in [0.2, 0.25) is 0 Å². The van der Waals surface area contributed by atoms with Crippen LogP contribution in [0.15, 0.2) is 18.2 Å². The SMILES string of the molecule is Nc1nc2cc(I)ccc2n1CC1CCOC1. The van der Waals surface area contributed by atoms with Gasteiger partial charge < -0.3 is 15.0 Å². The fourth-order valence-electron chi connectivity index (χ4n) is 2.30. The first-order valence-corrected chi connectivity index (χ1v) is 6.81. The Morgan fingerprint density at radius 3 is 3.18 bits per heavy atom. The van der Waals surface area contributed by atoms with E-state index in [0.29, 0.717) is 11.9 Å². The van der Waals surface area contributed by atoms with E-state index < -0.39 is 0 Å². The van der Waals surface area contributed by atoms with Gasteiger partial charge in [0.2, 0.25) is 5.95 Å². The molecule has 1 aliphatic rings. The summed E-state index contributed by atoms with van der Waals surface area (Å²) in [4.78, 5) is 4.41. The molecule has 0 radical (unpaired) electrons. The van der Waals surface area contributed by atoms with Gasteiger partial charge in [-0.25, -0.2) is 4.98 Å². The predicted octanol–water partition coefficient (Wildman–Crippen LogP) is 2.26. The number of fused-ring (bicyclic) bond motifs is 1. The van der Waals surface area contributed by atoms with E-state index in [0.717, 1.165) is 37.2 Å². The Labute approximate surface area is 113 Å². The Bertz CT molecular complexity index is 546. The van der Waals surface area contributed by atoms with Crippen molar-refractivity contribution in [2.24, 2.45) is 5.92 Å². The zero-order valence-electron chi connectivity index (χ0n) is 9.40. The molecule has 2 N–H and O–H groups in total. The van der Waals surface area contributed by atoms with Gasteiger partial charge in [0.1, 0.15) is 0 Å². The van der Waals surface area contributed by atoms with Gasteiger partial charge in [-0.2, -0.15) is 0 Å². The number of nitrogens with two attached hydrogens (primary N) is 1. The van der Waals surface area contributed by atoms with Crippen LogP contribution < -0.4 is 5.73 Å². The van der Waals surface area contributed by atoms with Gasteiger partial charge in [-0.05, 0) is 47.2 Å². The standard InChI is InChI=1S/C12H14IN3O/c13-9-1-2-11-10(5-9)15-12(14)16(11)6-8-3-4-17-7-8/h1-2,5,8H,3-4,6-7H2,(H2,14,15). The Hall–Kier alpha value is -0.820. The van der Waals surface area contributed by atoms with Crippen LogP contribution in [-0.4, -0.2) is 22.8 Å². The second kappa shape index (κ2) is 4.45. The van der Waals surface area contributed by atoms with E-state index in [9.17, 15) is 0 Å². The van der Waals surface area contributed by atoms with Crippen molar-refractivity contribution in [1.29, 1.82) is 0 Å². The molecule has 1 atom stereocenters. The topological polar surface area (TPSA) is 53.1 Å². The summed E-state index contributed by atoms with van der Waals surface area (Å²) < 4.78 is 8.69. The molecule has 17 heavy (non-hydrogen) atoms. The molecule has 90 valence electrons. The van der Waals surface area contributed by atoms with Crippen LogP contribution in [-0.2, 0) is 11.3 Å². The van der Waals surface area contributed by atoms with Crippen LogP contribution in [0.1, 0.15) is 6.42 Å². The highest BCUT2D eigenvalue weighted by Crippen LogP contribution is 2.23. The highest BCUT2D eigenvalue weighted by Gasteiger charge is 2.18. The number of imidazole rings is 1. The fraction of sp³-hybridized carbons (Fsp3) is 0.417. The molecule has 1 saturated heterocycles. The van der Waals surface area contributed by atoms with E-state index >= 15 is 0 Å². The maximum atomic E-state index is 5.99. The number of hydrogen-bond donors (Lipinski definition) is 1. The molecule has 1 aromatic heterocycles. The monoisotopic (exact) mass is 343 g/mol. The molecule has 0 spiro atoms. The number of halogens is 1. The minimum atomic E-state index is 0.564. The number of nitrogens with zero attached hydrogens (tertiary/aromatic N) is 2. The third kappa shape index (κ3) is 2.13. The summed E-state index contributed by atoms with van der Waals surface area (Å²) in [6.45, 7) is 2.61. The Morgan fingerprint density at radius 1 is 1.53 bits per heavy atom. The smallest absolute Gasteiger partial charge is 0.201 e. The lowest BCUT2D eigenvalue weighted by Gasteiger charge is -2.10. The first-order chi connectivity index (χ1) is 8.24. The lowest BCUT2D eigenvalue weighted by molar-refractivity contribution is 0.183. The fourth-order valence-corrected chi connectivity index (χ4v) is 2.77. The predicted molar refractivity (Wildman–Crippen MR) is 75.8 cm³/mol. The second-order valence-electron chi connectivity index (χ2n) is 4.44. The minimum Gasteiger partial charge on any atom is -0.381 e. The van der Waals surface area contributed by atoms with Crippen molar-refractivity contribution in [2.75, 3.05) is 18.9 Å². The summed E-state index contributed by atoms with van der Waals surface area (Å²) >= 11 is 2.29. The minimum absolute atomic E-state index is 0.564. The number of hydrogen-bond acceptors (Lipinski definition) is 3. The van der Waals surface area contributed by atoms with E-state index in [1.807, 2.05) is 0 Å². The van der Waals surface area contributed by atoms with Gasteiger partial charge in [-0.1, -0.05) is 0 Å². The number of rotatable bonds is 2. The van der Waals surface area contributed by atoms with Gasteiger partial charge in [0.05, 0.1) is 17.6 Å². The number of nitrogen functional groups attached to an aromatic ring is 1. The van der Waals surface area contributed by atoms with Crippen LogP contribution in [0.25, 0.3) is 11.0 Å². The summed E-state index contributed by atoms with van der Waals surface area (Å²) in [5.74, 6) is 1.17. The first-order valence-electron chi connectivity index (χ1n) is 5.73. The molecule has 0 aliphatic carbocycles. The van der Waals surface area contributed by atoms with Gasteiger partial charge in [0.25, 0.3) is 0 Å². The average molecular weight is 343 g/mol. The zero-order chi connectivity index (χ0) is 11.8. The van der Waals surface area contributed by atoms with Crippen molar-refractivity contribution in [3.05, 3.63) is 21.8 Å². The molecule has 1 fully saturated rings. The summed E-state index contributed by atoms with van der Waals surface area (Å²) in [5, 5.41) is 0. The molecule has 2 heterocycles. The van der Waals surface area contributed by atoms with E-state index in [-0.39, 0.29) is 0 Å². The highest BCUT2D eigenvalue weighted by molar-refractivity contribution is 14.1. The van der Waals surface area contributed by atoms with E-state index in [1.165, 1.54) is 3.57 Å². The molecule has 0 bridgehead atoms. The molecular weight excluding hydrogens is 329 g/mol. The third-order valence-corrected chi connectivity index (χ3v) is 3.88. The maximum absolute atomic E-state index is 5.99. The molecule has 0 saturated carbocycles. The Morgan fingerprint density at radius 2 is 2.41 bits per heavy atom. The van der Waals surface area contributed by atoms with Crippen molar-refractivity contribution in [3.63, 3.8) is 0 Å². The van der Waals surface area contributed by atoms with E-state index in [2.05, 4.69) is 50.3 Å². The summed E-state index contributed by atoms with van der Waals surface area (Å²) in [7, 11) is 0. The van der Waals surface area contributed by atoms with Crippen molar-refractivity contribution in [1.82, 2.24) is 9.55 Å². The summed E-state index contributed by atoms with van der Waals surface area (Å²) in [6, 6.07) is 6.25. The Balaban J connectivity index is 1.99. The molecule has 5 heteroatoms. The number of aromatic nitrogens is 2. The largest absolute Gasteiger partial charge is 0.381 e. The molecule has 1 aromatic carbocycles. The zero-order valence-corrected chi connectivity index (χ0v) is 11.6. The molecule has 1 unspecified atom stereocenters. The van der Waals surface area contributed by atoms with Gasteiger partial charge >= 0.3 is 0 Å². The molecule has 2 aromatic rings. The van der Waals surface area contributed by atoms with Crippen LogP contribution in [0.4, 0.5) is 5.95 Å². The van der Waals surface area contributed by atoms with Crippen LogP contribution in [0.3, 0.4) is 0 Å². The molecule has 1 aliphatic heterocycles. The van der Waals surface area contributed by atoms with Crippen LogP contribution in [0.5, 0.6) is 0 Å². The van der Waals surface area contributed by atoms with Gasteiger partial charge in [-0.15, -0.1) is 0 Å². The Kier molecular flexibility index (Phi) is 2.96. The van der Waals surface area contributed by atoms with Crippen molar-refractivity contribution in [2.45, 2.75) is 13.0 Å². The van der Waals surface area contributed by atoms with Crippen molar-refractivity contribution in [3.8, 4) is 0 Å². The third-order valence-electron chi connectivity index (χ3n) is 3.20. The maximum Gasteiger partial charge on any atom is 0.201 e. The van der Waals surface area contributed by atoms with Gasteiger partial charge in [0, 0.05) is 22.6 Å². The van der Waals surface area contributed by atoms with E-state index in [4.69, 9.17) is 10.5 Å². The quantitative estimate of drug-likeness (QED) is 0.851. The van der Waals surface area contributed by atoms with Crippen molar-refractivity contribution >= 4 is 39.6 Å². The molecule has 0 amide bonds. The lowest BCUT2D eigenvalue weighted by atomic mass is 10.1. The average Bonchev–Trinajstić information content (AvgIpc) is 2.88. The summed E-state index contributed by atoms with van der Waals surface area (Å²) in [6.07, 6.45) is 1.11. The molecular formula is C12H14IN3O. The van der Waals surface area contributed by atoms with Gasteiger partial charge in [-0.3, -0.25) is 0 Å². The second-order valence-corrected chi connectivity index (χ2v) is 5.69. The molecule has 4 nitrogen and oxygen atoms in total. The van der Waals surface area contributed by atoms with Crippen molar-refractivity contribution < 1.29 is 4.74 Å². The number of anilines is 1. The normalized spacial score (nSPS) is 20.2. The molecule has 3 rings (SSSR count). The van der Waals surface area contributed by atoms with Crippen LogP contribution >= 0.6 is 22.6 Å². The first kappa shape index (κ1) is 11.3. The van der Waals surface area contributed by atoms with E-state index in [1.54, 1.807) is 0 Å². The van der Waals surface area contributed by atoms with Crippen LogP contribution in [0, 0.1) is 9.49 Å². The number of ether oxygens (including phenoxy) is 1.